The average Bonchev–Trinajstić information content (AvgIpc) is 2.55. The molecule has 1 aliphatic rings. The van der Waals surface area contributed by atoms with Crippen molar-refractivity contribution in [1.29, 1.82) is 0 Å². The van der Waals surface area contributed by atoms with E-state index >= 15 is 0 Å². The maximum atomic E-state index is 11.6. The summed E-state index contributed by atoms with van der Waals surface area (Å²) >= 11 is 0. The van der Waals surface area contributed by atoms with E-state index in [1.165, 1.54) is 0 Å². The van der Waals surface area contributed by atoms with Crippen molar-refractivity contribution < 1.29 is 9.53 Å². The fraction of sp³-hybridized carbons (Fsp3) is 0.154. The van der Waals surface area contributed by atoms with Gasteiger partial charge in [0.1, 0.15) is 5.75 Å². The summed E-state index contributed by atoms with van der Waals surface area (Å²) in [6.45, 7) is 0. The van der Waals surface area contributed by atoms with E-state index in [4.69, 9.17) is 4.74 Å². The summed E-state index contributed by atoms with van der Waals surface area (Å²) in [6, 6.07) is 7.42. The number of fused-ring (bicyclic) bond motifs is 1. The highest BCUT2D eigenvalue weighted by Crippen LogP contribution is 2.33. The van der Waals surface area contributed by atoms with Crippen LogP contribution in [0.1, 0.15) is 5.56 Å². The van der Waals surface area contributed by atoms with Gasteiger partial charge in [0, 0.05) is 19.7 Å². The zero-order valence-corrected chi connectivity index (χ0v) is 9.31. The van der Waals surface area contributed by atoms with Gasteiger partial charge in [-0.05, 0) is 24.4 Å². The largest absolute Gasteiger partial charge is 0.422 e. The van der Waals surface area contributed by atoms with Crippen molar-refractivity contribution in [2.45, 2.75) is 0 Å². The molecular formula is C13H13NO2. The van der Waals surface area contributed by atoms with Gasteiger partial charge in [-0.15, -0.1) is 0 Å². The summed E-state index contributed by atoms with van der Waals surface area (Å²) in [5.74, 6) is 0.349. The number of esters is 1. The molecule has 3 nitrogen and oxygen atoms in total. The van der Waals surface area contributed by atoms with Crippen LogP contribution in [0.15, 0.2) is 42.6 Å². The first kappa shape index (κ1) is 10.5. The van der Waals surface area contributed by atoms with Gasteiger partial charge in [-0.25, -0.2) is 4.79 Å². The molecule has 0 aliphatic carbocycles. The minimum atomic E-state index is -0.287. The van der Waals surface area contributed by atoms with E-state index in [-0.39, 0.29) is 5.97 Å². The van der Waals surface area contributed by atoms with Crippen LogP contribution in [0.25, 0.3) is 5.57 Å². The average molecular weight is 215 g/mol. The fourth-order valence-electron chi connectivity index (χ4n) is 1.51. The Morgan fingerprint density at radius 2 is 2.00 bits per heavy atom. The maximum absolute atomic E-state index is 11.6. The molecule has 0 N–H and O–H groups in total. The number of ether oxygens (including phenoxy) is 1. The molecule has 0 unspecified atom stereocenters. The molecule has 0 amide bonds. The Morgan fingerprint density at radius 1 is 1.25 bits per heavy atom. The lowest BCUT2D eigenvalue weighted by Gasteiger charge is -2.01. The minimum absolute atomic E-state index is 0.287. The van der Waals surface area contributed by atoms with Crippen LogP contribution in [0.5, 0.6) is 5.75 Å². The summed E-state index contributed by atoms with van der Waals surface area (Å²) in [5, 5.41) is 0. The van der Waals surface area contributed by atoms with Crippen LogP contribution >= 0.6 is 0 Å². The third-order valence-corrected chi connectivity index (χ3v) is 2.25. The number of allylic oxidation sites excluding steroid dienone is 2. The summed E-state index contributed by atoms with van der Waals surface area (Å²) in [7, 11) is 3.85. The first-order valence-electron chi connectivity index (χ1n) is 5.05. The number of carbonyl (C=O) groups excluding carboxylic acids is 1. The van der Waals surface area contributed by atoms with Gasteiger partial charge in [0.25, 0.3) is 0 Å². The van der Waals surface area contributed by atoms with E-state index in [2.05, 4.69) is 0 Å². The van der Waals surface area contributed by atoms with Crippen molar-refractivity contribution >= 4 is 11.5 Å². The molecule has 0 fully saturated rings. The molecule has 2 rings (SSSR count). The third-order valence-electron chi connectivity index (χ3n) is 2.25. The Bertz CT molecular complexity index is 473. The van der Waals surface area contributed by atoms with Gasteiger partial charge in [0.05, 0.1) is 5.57 Å². The molecule has 1 aliphatic heterocycles. The van der Waals surface area contributed by atoms with Crippen molar-refractivity contribution in [3.63, 3.8) is 0 Å². The molecule has 0 atom stereocenters. The SMILES string of the molecule is CN(C)/C=C/C=C1/C(=O)Oc2ccccc21. The van der Waals surface area contributed by atoms with Crippen LogP contribution in [-0.2, 0) is 4.79 Å². The van der Waals surface area contributed by atoms with Gasteiger partial charge in [0.2, 0.25) is 0 Å². The Kier molecular flexibility index (Phi) is 2.77. The predicted molar refractivity (Wildman–Crippen MR) is 62.9 cm³/mol. The van der Waals surface area contributed by atoms with E-state index in [1.807, 2.05) is 49.5 Å². The van der Waals surface area contributed by atoms with Crippen LogP contribution in [0.4, 0.5) is 0 Å². The van der Waals surface area contributed by atoms with Crippen molar-refractivity contribution in [3.05, 3.63) is 48.2 Å². The molecule has 3 heteroatoms. The molecule has 0 saturated heterocycles. The minimum Gasteiger partial charge on any atom is -0.422 e. The van der Waals surface area contributed by atoms with E-state index in [0.29, 0.717) is 11.3 Å². The van der Waals surface area contributed by atoms with Crippen molar-refractivity contribution in [2.24, 2.45) is 0 Å². The highest BCUT2D eigenvalue weighted by Gasteiger charge is 2.25. The zero-order chi connectivity index (χ0) is 11.5. The van der Waals surface area contributed by atoms with Crippen molar-refractivity contribution in [3.8, 4) is 5.75 Å². The van der Waals surface area contributed by atoms with Gasteiger partial charge in [0.15, 0.2) is 0 Å². The zero-order valence-electron chi connectivity index (χ0n) is 9.31. The van der Waals surface area contributed by atoms with E-state index in [0.717, 1.165) is 5.56 Å². The molecule has 16 heavy (non-hydrogen) atoms. The highest BCUT2D eigenvalue weighted by atomic mass is 16.5. The molecule has 0 radical (unpaired) electrons. The summed E-state index contributed by atoms with van der Waals surface area (Å²) in [6.07, 6.45) is 5.48. The lowest BCUT2D eigenvalue weighted by molar-refractivity contribution is -0.126. The van der Waals surface area contributed by atoms with Gasteiger partial charge >= 0.3 is 5.97 Å². The van der Waals surface area contributed by atoms with Crippen molar-refractivity contribution in [1.82, 2.24) is 4.90 Å². The number of benzene rings is 1. The number of rotatable bonds is 2. The van der Waals surface area contributed by atoms with Gasteiger partial charge < -0.3 is 9.64 Å². The molecule has 0 aromatic heterocycles. The maximum Gasteiger partial charge on any atom is 0.344 e. The molecular weight excluding hydrogens is 202 g/mol. The normalized spacial score (nSPS) is 16.6. The lowest BCUT2D eigenvalue weighted by atomic mass is 10.1. The molecule has 1 heterocycles. The number of nitrogens with zero attached hydrogens (tertiary/aromatic N) is 1. The van der Waals surface area contributed by atoms with Crippen molar-refractivity contribution in [2.75, 3.05) is 14.1 Å². The standard InChI is InChI=1S/C13H13NO2/c1-14(2)9-5-7-11-10-6-3-4-8-12(10)16-13(11)15/h3-9H,1-2H3/b9-5+,11-7+. The summed E-state index contributed by atoms with van der Waals surface area (Å²) in [4.78, 5) is 13.5. The van der Waals surface area contributed by atoms with E-state index in [9.17, 15) is 4.79 Å². The van der Waals surface area contributed by atoms with Crippen LogP contribution in [0.3, 0.4) is 0 Å². The second kappa shape index (κ2) is 4.23. The lowest BCUT2D eigenvalue weighted by Crippen LogP contribution is -2.01. The fourth-order valence-corrected chi connectivity index (χ4v) is 1.51. The van der Waals surface area contributed by atoms with E-state index in [1.54, 1.807) is 12.1 Å². The molecule has 1 aromatic carbocycles. The predicted octanol–water partition coefficient (Wildman–Crippen LogP) is 2.06. The third kappa shape index (κ3) is 1.98. The first-order valence-corrected chi connectivity index (χ1v) is 5.05. The second-order valence-electron chi connectivity index (χ2n) is 3.77. The van der Waals surface area contributed by atoms with Crippen LogP contribution in [-0.4, -0.2) is 25.0 Å². The molecule has 0 saturated carbocycles. The Labute approximate surface area is 94.6 Å². The second-order valence-corrected chi connectivity index (χ2v) is 3.77. The number of carbonyl (C=O) groups is 1. The first-order chi connectivity index (χ1) is 7.68. The number of hydrogen-bond acceptors (Lipinski definition) is 3. The topological polar surface area (TPSA) is 29.5 Å². The van der Waals surface area contributed by atoms with Gasteiger partial charge in [-0.3, -0.25) is 0 Å². The van der Waals surface area contributed by atoms with Gasteiger partial charge in [-0.2, -0.15) is 0 Å². The molecule has 0 bridgehead atoms. The summed E-state index contributed by atoms with van der Waals surface area (Å²) in [5.41, 5.74) is 1.46. The molecule has 1 aromatic rings. The quantitative estimate of drug-likeness (QED) is 0.429. The smallest absolute Gasteiger partial charge is 0.344 e. The monoisotopic (exact) mass is 215 g/mol. The van der Waals surface area contributed by atoms with Gasteiger partial charge in [-0.1, -0.05) is 18.2 Å². The Balaban J connectivity index is 2.32. The number of para-hydroxylation sites is 1. The van der Waals surface area contributed by atoms with Crippen LogP contribution in [0, 0.1) is 0 Å². The molecule has 0 spiro atoms. The Morgan fingerprint density at radius 3 is 2.75 bits per heavy atom. The van der Waals surface area contributed by atoms with Crippen LogP contribution in [0.2, 0.25) is 0 Å². The number of hydrogen-bond donors (Lipinski definition) is 0. The molecule has 82 valence electrons. The Hall–Kier alpha value is -2.03. The highest BCUT2D eigenvalue weighted by molar-refractivity contribution is 6.21. The summed E-state index contributed by atoms with van der Waals surface area (Å²) < 4.78 is 5.12. The van der Waals surface area contributed by atoms with Crippen LogP contribution < -0.4 is 4.74 Å². The van der Waals surface area contributed by atoms with E-state index < -0.39 is 0 Å².